The van der Waals surface area contributed by atoms with E-state index in [1.54, 1.807) is 7.11 Å². The van der Waals surface area contributed by atoms with E-state index < -0.39 is 0 Å². The highest BCUT2D eigenvalue weighted by atomic mass is 16.5. The zero-order valence-electron chi connectivity index (χ0n) is 13.6. The fourth-order valence-corrected chi connectivity index (χ4v) is 3.26. The third-order valence-corrected chi connectivity index (χ3v) is 4.64. The smallest absolute Gasteiger partial charge is 0.128 e. The maximum Gasteiger partial charge on any atom is 0.128 e. The Kier molecular flexibility index (Phi) is 5.19. The minimum absolute atomic E-state index is 0.0356. The Morgan fingerprint density at radius 3 is 2.43 bits per heavy atom. The molecule has 1 N–H and O–H groups in total. The molecular formula is C20H24O3. The van der Waals surface area contributed by atoms with Gasteiger partial charge in [0, 0.05) is 11.6 Å². The summed E-state index contributed by atoms with van der Waals surface area (Å²) in [6.07, 6.45) is 5.38. The minimum Gasteiger partial charge on any atom is -0.496 e. The highest BCUT2D eigenvalue weighted by molar-refractivity contribution is 5.40. The second kappa shape index (κ2) is 7.51. The third kappa shape index (κ3) is 3.85. The molecule has 0 aliphatic heterocycles. The lowest BCUT2D eigenvalue weighted by molar-refractivity contribution is 0.271. The molecule has 0 heterocycles. The molecule has 0 radical (unpaired) electrons. The van der Waals surface area contributed by atoms with Crippen molar-refractivity contribution in [2.45, 2.75) is 44.8 Å². The van der Waals surface area contributed by atoms with Crippen molar-refractivity contribution in [3.8, 4) is 11.5 Å². The van der Waals surface area contributed by atoms with Crippen molar-refractivity contribution in [1.29, 1.82) is 0 Å². The third-order valence-electron chi connectivity index (χ3n) is 4.64. The van der Waals surface area contributed by atoms with Crippen LogP contribution in [-0.2, 0) is 13.2 Å². The summed E-state index contributed by atoms with van der Waals surface area (Å²) in [4.78, 5) is 0. The van der Waals surface area contributed by atoms with Crippen LogP contribution in [-0.4, -0.2) is 12.2 Å². The van der Waals surface area contributed by atoms with E-state index >= 15 is 0 Å². The lowest BCUT2D eigenvalue weighted by Crippen LogP contribution is -1.98. The van der Waals surface area contributed by atoms with Gasteiger partial charge in [-0.2, -0.15) is 0 Å². The lowest BCUT2D eigenvalue weighted by Gasteiger charge is -2.12. The van der Waals surface area contributed by atoms with Crippen LogP contribution in [0, 0.1) is 0 Å². The van der Waals surface area contributed by atoms with Crippen molar-refractivity contribution in [2.24, 2.45) is 0 Å². The van der Waals surface area contributed by atoms with Gasteiger partial charge in [-0.25, -0.2) is 0 Å². The van der Waals surface area contributed by atoms with E-state index in [4.69, 9.17) is 9.47 Å². The highest BCUT2D eigenvalue weighted by Gasteiger charge is 2.16. The van der Waals surface area contributed by atoms with E-state index in [1.165, 1.54) is 31.2 Å². The molecule has 1 saturated carbocycles. The molecule has 3 heteroatoms. The number of aliphatic hydroxyl groups excluding tert-OH is 1. The predicted octanol–water partition coefficient (Wildman–Crippen LogP) is 4.42. The molecule has 3 nitrogen and oxygen atoms in total. The van der Waals surface area contributed by atoms with Gasteiger partial charge >= 0.3 is 0 Å². The number of aliphatic hydroxyl groups is 1. The topological polar surface area (TPSA) is 38.7 Å². The Hall–Kier alpha value is -2.00. The summed E-state index contributed by atoms with van der Waals surface area (Å²) >= 11 is 0. The fourth-order valence-electron chi connectivity index (χ4n) is 3.26. The standard InChI is InChI=1S/C20H24O3/c1-22-20-12-19(11-10-18(20)13-21)23-14-15-6-8-17(9-7-15)16-4-2-3-5-16/h6-12,16,21H,2-5,13-14H2,1H3. The van der Waals surface area contributed by atoms with E-state index in [2.05, 4.69) is 24.3 Å². The van der Waals surface area contributed by atoms with E-state index in [9.17, 15) is 5.11 Å². The molecule has 3 rings (SSSR count). The molecule has 122 valence electrons. The van der Waals surface area contributed by atoms with Gasteiger partial charge in [0.1, 0.15) is 18.1 Å². The maximum absolute atomic E-state index is 9.24. The van der Waals surface area contributed by atoms with Gasteiger partial charge in [0.15, 0.2) is 0 Å². The number of ether oxygens (including phenoxy) is 2. The SMILES string of the molecule is COc1cc(OCc2ccc(C3CCCC3)cc2)ccc1CO. The molecule has 0 bridgehead atoms. The summed E-state index contributed by atoms with van der Waals surface area (Å²) in [7, 11) is 1.60. The van der Waals surface area contributed by atoms with Crippen LogP contribution in [0.1, 0.15) is 48.3 Å². The summed E-state index contributed by atoms with van der Waals surface area (Å²) in [6.45, 7) is 0.499. The van der Waals surface area contributed by atoms with Gasteiger partial charge in [0.25, 0.3) is 0 Å². The Bertz CT molecular complexity index is 628. The summed E-state index contributed by atoms with van der Waals surface area (Å²) in [5.74, 6) is 2.15. The van der Waals surface area contributed by atoms with E-state index in [0.717, 1.165) is 22.8 Å². The van der Waals surface area contributed by atoms with Crippen molar-refractivity contribution in [3.05, 3.63) is 59.2 Å². The Labute approximate surface area is 137 Å². The Morgan fingerprint density at radius 1 is 1.04 bits per heavy atom. The van der Waals surface area contributed by atoms with E-state index in [0.29, 0.717) is 12.4 Å². The van der Waals surface area contributed by atoms with Crippen LogP contribution in [0.5, 0.6) is 11.5 Å². The van der Waals surface area contributed by atoms with E-state index in [-0.39, 0.29) is 6.61 Å². The summed E-state index contributed by atoms with van der Waals surface area (Å²) < 4.78 is 11.1. The zero-order valence-corrected chi connectivity index (χ0v) is 13.6. The van der Waals surface area contributed by atoms with Crippen LogP contribution < -0.4 is 9.47 Å². The van der Waals surface area contributed by atoms with Gasteiger partial charge in [0.05, 0.1) is 13.7 Å². The van der Waals surface area contributed by atoms with Gasteiger partial charge in [-0.1, -0.05) is 37.1 Å². The first-order valence-electron chi connectivity index (χ1n) is 8.29. The second-order valence-corrected chi connectivity index (χ2v) is 6.14. The van der Waals surface area contributed by atoms with Crippen LogP contribution >= 0.6 is 0 Å². The zero-order chi connectivity index (χ0) is 16.1. The van der Waals surface area contributed by atoms with Gasteiger partial charge in [-0.15, -0.1) is 0 Å². The number of benzene rings is 2. The average Bonchev–Trinajstić information content (AvgIpc) is 3.14. The van der Waals surface area contributed by atoms with Crippen molar-refractivity contribution in [1.82, 2.24) is 0 Å². The first kappa shape index (κ1) is 15.9. The molecule has 1 fully saturated rings. The fraction of sp³-hybridized carbons (Fsp3) is 0.400. The number of methoxy groups -OCH3 is 1. The van der Waals surface area contributed by atoms with Crippen LogP contribution in [0.3, 0.4) is 0 Å². The number of rotatable bonds is 6. The van der Waals surface area contributed by atoms with Crippen molar-refractivity contribution >= 4 is 0 Å². The van der Waals surface area contributed by atoms with E-state index in [1.807, 2.05) is 18.2 Å². The van der Waals surface area contributed by atoms with Gasteiger partial charge in [0.2, 0.25) is 0 Å². The summed E-state index contributed by atoms with van der Waals surface area (Å²) in [5.41, 5.74) is 3.39. The summed E-state index contributed by atoms with van der Waals surface area (Å²) in [5, 5.41) is 9.24. The number of hydrogen-bond donors (Lipinski definition) is 1. The monoisotopic (exact) mass is 312 g/mol. The molecule has 2 aromatic rings. The lowest BCUT2D eigenvalue weighted by atomic mass is 9.97. The first-order chi connectivity index (χ1) is 11.3. The summed E-state index contributed by atoms with van der Waals surface area (Å²) in [6, 6.07) is 14.3. The van der Waals surface area contributed by atoms with Crippen molar-refractivity contribution < 1.29 is 14.6 Å². The van der Waals surface area contributed by atoms with Crippen LogP contribution in [0.25, 0.3) is 0 Å². The Balaban J connectivity index is 1.61. The maximum atomic E-state index is 9.24. The van der Waals surface area contributed by atoms with Gasteiger partial charge < -0.3 is 14.6 Å². The Morgan fingerprint density at radius 2 is 1.78 bits per heavy atom. The number of hydrogen-bond acceptors (Lipinski definition) is 3. The van der Waals surface area contributed by atoms with Crippen molar-refractivity contribution in [3.63, 3.8) is 0 Å². The van der Waals surface area contributed by atoms with Crippen LogP contribution in [0.15, 0.2) is 42.5 Å². The molecule has 23 heavy (non-hydrogen) atoms. The molecule has 0 saturated heterocycles. The first-order valence-corrected chi connectivity index (χ1v) is 8.29. The van der Waals surface area contributed by atoms with Gasteiger partial charge in [-0.05, 0) is 42.0 Å². The average molecular weight is 312 g/mol. The predicted molar refractivity (Wildman–Crippen MR) is 90.9 cm³/mol. The largest absolute Gasteiger partial charge is 0.496 e. The molecule has 0 amide bonds. The molecule has 0 unspecified atom stereocenters. The molecular weight excluding hydrogens is 288 g/mol. The second-order valence-electron chi connectivity index (χ2n) is 6.14. The molecule has 1 aliphatic rings. The molecule has 0 spiro atoms. The normalized spacial score (nSPS) is 14.9. The van der Waals surface area contributed by atoms with Gasteiger partial charge in [-0.3, -0.25) is 0 Å². The molecule has 2 aromatic carbocycles. The van der Waals surface area contributed by atoms with Crippen LogP contribution in [0.2, 0.25) is 0 Å². The highest BCUT2D eigenvalue weighted by Crippen LogP contribution is 2.34. The van der Waals surface area contributed by atoms with Crippen LogP contribution in [0.4, 0.5) is 0 Å². The molecule has 0 aromatic heterocycles. The quantitative estimate of drug-likeness (QED) is 0.858. The molecule has 1 aliphatic carbocycles. The molecule has 0 atom stereocenters. The van der Waals surface area contributed by atoms with Crippen molar-refractivity contribution in [2.75, 3.05) is 7.11 Å². The minimum atomic E-state index is -0.0356.